The Hall–Kier alpha value is -2.70. The van der Waals surface area contributed by atoms with E-state index in [4.69, 9.17) is 4.74 Å². The number of rotatable bonds is 5. The molecule has 2 atom stereocenters. The van der Waals surface area contributed by atoms with Crippen molar-refractivity contribution in [1.29, 1.82) is 0 Å². The maximum absolute atomic E-state index is 12.8. The number of likely N-dealkylation sites (tertiary alicyclic amines) is 1. The summed E-state index contributed by atoms with van der Waals surface area (Å²) in [7, 11) is 0. The highest BCUT2D eigenvalue weighted by atomic mass is 16.5. The van der Waals surface area contributed by atoms with Crippen molar-refractivity contribution in [3.63, 3.8) is 0 Å². The van der Waals surface area contributed by atoms with E-state index in [1.54, 1.807) is 41.3 Å². The molecule has 2 fully saturated rings. The van der Waals surface area contributed by atoms with Crippen LogP contribution in [-0.4, -0.2) is 54.2 Å². The number of ether oxygens (including phenoxy) is 1. The summed E-state index contributed by atoms with van der Waals surface area (Å²) >= 11 is 0. The topological polar surface area (TPSA) is 78.9 Å². The van der Waals surface area contributed by atoms with Crippen LogP contribution in [0.15, 0.2) is 60.7 Å². The quantitative estimate of drug-likeness (QED) is 0.838. The second-order valence-corrected chi connectivity index (χ2v) is 7.36. The minimum Gasteiger partial charge on any atom is -0.381 e. The van der Waals surface area contributed by atoms with Gasteiger partial charge in [-0.1, -0.05) is 48.5 Å². The molecule has 2 aliphatic rings. The van der Waals surface area contributed by atoms with Crippen LogP contribution in [0, 0.1) is 5.41 Å². The molecule has 0 radical (unpaired) electrons. The van der Waals surface area contributed by atoms with Gasteiger partial charge >= 0.3 is 0 Å². The second-order valence-electron chi connectivity index (χ2n) is 7.36. The number of aliphatic hydroxyl groups is 1. The third-order valence-electron chi connectivity index (χ3n) is 5.23. The van der Waals surface area contributed by atoms with Gasteiger partial charge in [0.2, 0.25) is 0 Å². The van der Waals surface area contributed by atoms with Crippen LogP contribution in [0.4, 0.5) is 0 Å². The van der Waals surface area contributed by atoms with Crippen LogP contribution >= 0.6 is 0 Å². The van der Waals surface area contributed by atoms with Gasteiger partial charge in [-0.2, -0.15) is 0 Å². The SMILES string of the molecule is O=C(N[C@@H](c1ccccc1)[C@@H](O)C(=O)N1CC2(COC2)C1)c1ccccc1. The molecule has 27 heavy (non-hydrogen) atoms. The summed E-state index contributed by atoms with van der Waals surface area (Å²) in [5, 5.41) is 13.6. The third kappa shape index (κ3) is 3.46. The van der Waals surface area contributed by atoms with Gasteiger partial charge in [-0.05, 0) is 17.7 Å². The Kier molecular flexibility index (Phi) is 4.68. The summed E-state index contributed by atoms with van der Waals surface area (Å²) in [6.07, 6.45) is -1.35. The van der Waals surface area contributed by atoms with E-state index in [2.05, 4.69) is 5.32 Å². The maximum Gasteiger partial charge on any atom is 0.253 e. The highest BCUT2D eigenvalue weighted by Gasteiger charge is 2.52. The fraction of sp³-hybridized carbons (Fsp3) is 0.333. The first kappa shape index (κ1) is 17.7. The number of benzene rings is 2. The van der Waals surface area contributed by atoms with Crippen molar-refractivity contribution in [2.75, 3.05) is 26.3 Å². The lowest BCUT2D eigenvalue weighted by atomic mass is 9.77. The second kappa shape index (κ2) is 7.13. The Morgan fingerprint density at radius 1 is 1.00 bits per heavy atom. The first-order valence-corrected chi connectivity index (χ1v) is 9.03. The molecule has 2 aromatic carbocycles. The predicted molar refractivity (Wildman–Crippen MR) is 98.9 cm³/mol. The average Bonchev–Trinajstić information content (AvgIpc) is 2.64. The summed E-state index contributed by atoms with van der Waals surface area (Å²) in [5.41, 5.74) is 1.24. The van der Waals surface area contributed by atoms with Crippen molar-refractivity contribution in [2.24, 2.45) is 5.41 Å². The summed E-state index contributed by atoms with van der Waals surface area (Å²) in [4.78, 5) is 27.0. The van der Waals surface area contributed by atoms with Gasteiger partial charge in [-0.15, -0.1) is 0 Å². The van der Waals surface area contributed by atoms with Crippen LogP contribution in [0.1, 0.15) is 22.0 Å². The van der Waals surface area contributed by atoms with Crippen molar-refractivity contribution >= 4 is 11.8 Å². The Bertz CT molecular complexity index is 813. The van der Waals surface area contributed by atoms with E-state index in [1.807, 2.05) is 24.3 Å². The molecule has 0 aliphatic carbocycles. The summed E-state index contributed by atoms with van der Waals surface area (Å²) < 4.78 is 5.23. The zero-order valence-corrected chi connectivity index (χ0v) is 14.9. The largest absolute Gasteiger partial charge is 0.381 e. The van der Waals surface area contributed by atoms with E-state index in [-0.39, 0.29) is 17.2 Å². The molecular weight excluding hydrogens is 344 g/mol. The van der Waals surface area contributed by atoms with Crippen LogP contribution in [0.25, 0.3) is 0 Å². The van der Waals surface area contributed by atoms with Crippen LogP contribution in [0.3, 0.4) is 0 Å². The molecule has 2 aromatic rings. The van der Waals surface area contributed by atoms with Crippen LogP contribution < -0.4 is 5.32 Å². The van der Waals surface area contributed by atoms with Gasteiger partial charge in [0.25, 0.3) is 11.8 Å². The normalized spacial score (nSPS) is 19.5. The summed E-state index contributed by atoms with van der Waals surface area (Å²) in [6.45, 7) is 2.52. The van der Waals surface area contributed by atoms with Crippen molar-refractivity contribution < 1.29 is 19.4 Å². The summed E-state index contributed by atoms with van der Waals surface area (Å²) in [5.74, 6) is -0.696. The van der Waals surface area contributed by atoms with Gasteiger partial charge in [-0.3, -0.25) is 9.59 Å². The molecule has 0 bridgehead atoms. The minimum atomic E-state index is -1.35. The number of aliphatic hydroxyl groups excluding tert-OH is 1. The Balaban J connectivity index is 1.51. The lowest BCUT2D eigenvalue weighted by Crippen LogP contribution is -2.68. The van der Waals surface area contributed by atoms with Crippen LogP contribution in [0.2, 0.25) is 0 Å². The minimum absolute atomic E-state index is 0.0743. The number of carbonyl (C=O) groups is 2. The molecule has 6 heteroatoms. The van der Waals surface area contributed by atoms with Crippen molar-refractivity contribution in [3.8, 4) is 0 Å². The van der Waals surface area contributed by atoms with Gasteiger partial charge in [-0.25, -0.2) is 0 Å². The maximum atomic E-state index is 12.8. The molecule has 2 saturated heterocycles. The van der Waals surface area contributed by atoms with Gasteiger partial charge in [0.15, 0.2) is 6.10 Å². The van der Waals surface area contributed by atoms with Gasteiger partial charge in [0.1, 0.15) is 0 Å². The van der Waals surface area contributed by atoms with Crippen molar-refractivity contribution in [1.82, 2.24) is 10.2 Å². The van der Waals surface area contributed by atoms with E-state index >= 15 is 0 Å². The van der Waals surface area contributed by atoms with Crippen LogP contribution in [-0.2, 0) is 9.53 Å². The molecule has 0 aromatic heterocycles. The molecule has 4 rings (SSSR count). The molecule has 1 spiro atoms. The highest BCUT2D eigenvalue weighted by Crippen LogP contribution is 2.38. The molecule has 2 heterocycles. The Labute approximate surface area is 157 Å². The number of hydrogen-bond acceptors (Lipinski definition) is 4. The zero-order chi connectivity index (χ0) is 18.9. The fourth-order valence-corrected chi connectivity index (χ4v) is 3.64. The smallest absolute Gasteiger partial charge is 0.253 e. The lowest BCUT2D eigenvalue weighted by Gasteiger charge is -2.55. The molecule has 2 amide bonds. The predicted octanol–water partition coefficient (Wildman–Crippen LogP) is 1.38. The molecule has 6 nitrogen and oxygen atoms in total. The van der Waals surface area contributed by atoms with Gasteiger partial charge in [0.05, 0.1) is 24.7 Å². The lowest BCUT2D eigenvalue weighted by molar-refractivity contribution is -0.200. The molecule has 0 saturated carbocycles. The average molecular weight is 366 g/mol. The number of nitrogens with one attached hydrogen (secondary N) is 1. The Morgan fingerprint density at radius 3 is 2.15 bits per heavy atom. The number of carbonyl (C=O) groups excluding carboxylic acids is 2. The first-order chi connectivity index (χ1) is 13.1. The molecule has 2 aliphatic heterocycles. The van der Waals surface area contributed by atoms with Gasteiger partial charge in [0, 0.05) is 18.7 Å². The first-order valence-electron chi connectivity index (χ1n) is 9.03. The van der Waals surface area contributed by atoms with Gasteiger partial charge < -0.3 is 20.1 Å². The molecule has 140 valence electrons. The van der Waals surface area contributed by atoms with E-state index in [9.17, 15) is 14.7 Å². The van der Waals surface area contributed by atoms with Crippen molar-refractivity contribution in [3.05, 3.63) is 71.8 Å². The highest BCUT2D eigenvalue weighted by molar-refractivity contribution is 5.95. The molecular formula is C21H22N2O4. The fourth-order valence-electron chi connectivity index (χ4n) is 3.64. The number of amides is 2. The van der Waals surface area contributed by atoms with E-state index in [1.165, 1.54) is 0 Å². The summed E-state index contributed by atoms with van der Waals surface area (Å²) in [6, 6.07) is 17.0. The Morgan fingerprint density at radius 2 is 1.59 bits per heavy atom. The standard InChI is InChI=1S/C21H22N2O4/c24-18(20(26)23-11-21(12-23)13-27-14-21)17(15-7-3-1-4-8-15)22-19(25)16-9-5-2-6-10-16/h1-10,17-18,24H,11-14H2,(H,22,25)/t17-,18+/m0/s1. The van der Waals surface area contributed by atoms with E-state index < -0.39 is 12.1 Å². The molecule has 2 N–H and O–H groups in total. The monoisotopic (exact) mass is 366 g/mol. The third-order valence-corrected chi connectivity index (χ3v) is 5.23. The van der Waals surface area contributed by atoms with Crippen LogP contribution in [0.5, 0.6) is 0 Å². The number of hydrogen-bond donors (Lipinski definition) is 2. The van der Waals surface area contributed by atoms with E-state index in [0.717, 1.165) is 0 Å². The van der Waals surface area contributed by atoms with Crippen molar-refractivity contribution in [2.45, 2.75) is 12.1 Å². The van der Waals surface area contributed by atoms with E-state index in [0.29, 0.717) is 37.4 Å². The number of nitrogens with zero attached hydrogens (tertiary/aromatic N) is 1. The zero-order valence-electron chi connectivity index (χ0n) is 14.9. The molecule has 0 unspecified atom stereocenters.